The summed E-state index contributed by atoms with van der Waals surface area (Å²) in [4.78, 5) is 50.5. The van der Waals surface area contributed by atoms with E-state index in [1.54, 1.807) is 55.5 Å². The van der Waals surface area contributed by atoms with Gasteiger partial charge in [-0.3, -0.25) is 24.5 Å². The summed E-state index contributed by atoms with van der Waals surface area (Å²) in [5.74, 6) is -1.14. The molecule has 5 aromatic carbocycles. The molecule has 3 N–H and O–H groups in total. The third-order valence-corrected chi connectivity index (χ3v) is 7.80. The highest BCUT2D eigenvalue weighted by molar-refractivity contribution is 8.00. The Bertz CT molecular complexity index is 1940. The Morgan fingerprint density at radius 3 is 2.33 bits per heavy atom. The fourth-order valence-corrected chi connectivity index (χ4v) is 5.33. The van der Waals surface area contributed by atoms with E-state index in [0.29, 0.717) is 22.5 Å². The number of carbonyl (C=O) groups is 3. The summed E-state index contributed by atoms with van der Waals surface area (Å²) >= 11 is 1.27. The van der Waals surface area contributed by atoms with Crippen LogP contribution < -0.4 is 16.0 Å². The number of nitrogens with zero attached hydrogens (tertiary/aromatic N) is 1. The van der Waals surface area contributed by atoms with Crippen molar-refractivity contribution in [2.45, 2.75) is 11.8 Å². The molecule has 3 amide bonds. The zero-order valence-corrected chi connectivity index (χ0v) is 25.0. The van der Waals surface area contributed by atoms with E-state index in [4.69, 9.17) is 0 Å². The topological polar surface area (TPSA) is 130 Å². The standard InChI is InChI=1S/C35H28N4O5S/c1-23-19-28(39(43)44)17-18-31(23)37-33(40)22-45-29-15-8-14-27(21-29)36-35(42)32(38-34(41)25-10-3-2-4-11-25)20-26-13-7-12-24-9-5-6-16-30(24)26/h2-21H,22H2,1H3,(H,36,42)(H,37,40)(H,38,41)/b32-20+. The van der Waals surface area contributed by atoms with E-state index in [1.165, 1.54) is 30.0 Å². The van der Waals surface area contributed by atoms with Crippen molar-refractivity contribution in [2.24, 2.45) is 0 Å². The van der Waals surface area contributed by atoms with Crippen molar-refractivity contribution in [1.82, 2.24) is 5.32 Å². The summed E-state index contributed by atoms with van der Waals surface area (Å²) in [5.41, 5.74) is 2.76. The molecule has 0 saturated heterocycles. The summed E-state index contributed by atoms with van der Waals surface area (Å²) in [6.45, 7) is 1.69. The van der Waals surface area contributed by atoms with E-state index < -0.39 is 16.7 Å². The number of aryl methyl sites for hydroxylation is 1. The number of hydrogen-bond donors (Lipinski definition) is 3. The van der Waals surface area contributed by atoms with Crippen LogP contribution in [0, 0.1) is 17.0 Å². The number of nitro benzene ring substituents is 1. The first-order chi connectivity index (χ1) is 21.8. The molecule has 224 valence electrons. The van der Waals surface area contributed by atoms with Crippen molar-refractivity contribution in [3.8, 4) is 0 Å². The molecule has 45 heavy (non-hydrogen) atoms. The van der Waals surface area contributed by atoms with Crippen LogP contribution in [-0.2, 0) is 9.59 Å². The van der Waals surface area contributed by atoms with Crippen molar-refractivity contribution in [3.05, 3.63) is 148 Å². The predicted octanol–water partition coefficient (Wildman–Crippen LogP) is 7.20. The van der Waals surface area contributed by atoms with Crippen LogP contribution in [-0.4, -0.2) is 28.4 Å². The number of hydrogen-bond acceptors (Lipinski definition) is 6. The predicted molar refractivity (Wildman–Crippen MR) is 178 cm³/mol. The number of amides is 3. The van der Waals surface area contributed by atoms with Crippen LogP contribution in [0.25, 0.3) is 16.8 Å². The van der Waals surface area contributed by atoms with Crippen LogP contribution in [0.15, 0.2) is 126 Å². The van der Waals surface area contributed by atoms with Crippen molar-refractivity contribution >= 4 is 63.4 Å². The lowest BCUT2D eigenvalue weighted by Gasteiger charge is -2.13. The van der Waals surface area contributed by atoms with E-state index >= 15 is 0 Å². The Morgan fingerprint density at radius 1 is 0.822 bits per heavy atom. The fourth-order valence-electron chi connectivity index (χ4n) is 4.57. The highest BCUT2D eigenvalue weighted by Gasteiger charge is 2.16. The summed E-state index contributed by atoms with van der Waals surface area (Å²) in [6.07, 6.45) is 1.65. The number of rotatable bonds is 10. The van der Waals surface area contributed by atoms with Gasteiger partial charge in [-0.1, -0.05) is 66.7 Å². The second kappa shape index (κ2) is 14.2. The molecule has 0 spiro atoms. The smallest absolute Gasteiger partial charge is 0.272 e. The minimum absolute atomic E-state index is 0.0477. The molecular weight excluding hydrogens is 588 g/mol. The van der Waals surface area contributed by atoms with E-state index in [0.717, 1.165) is 21.2 Å². The van der Waals surface area contributed by atoms with Crippen LogP contribution in [0.1, 0.15) is 21.5 Å². The molecule has 0 saturated carbocycles. The number of carbonyl (C=O) groups excluding carboxylic acids is 3. The Morgan fingerprint density at radius 2 is 1.56 bits per heavy atom. The highest BCUT2D eigenvalue weighted by Crippen LogP contribution is 2.25. The third kappa shape index (κ3) is 8.01. The molecule has 10 heteroatoms. The lowest BCUT2D eigenvalue weighted by Crippen LogP contribution is -2.30. The van der Waals surface area contributed by atoms with Crippen molar-refractivity contribution in [3.63, 3.8) is 0 Å². The molecular formula is C35H28N4O5S. The van der Waals surface area contributed by atoms with Crippen LogP contribution in [0.2, 0.25) is 0 Å². The lowest BCUT2D eigenvalue weighted by atomic mass is 10.0. The van der Waals surface area contributed by atoms with Gasteiger partial charge in [0.1, 0.15) is 5.70 Å². The first-order valence-corrected chi connectivity index (χ1v) is 14.9. The Balaban J connectivity index is 1.31. The van der Waals surface area contributed by atoms with Gasteiger partial charge >= 0.3 is 0 Å². The van der Waals surface area contributed by atoms with Crippen LogP contribution >= 0.6 is 11.8 Å². The third-order valence-electron chi connectivity index (χ3n) is 6.81. The first-order valence-electron chi connectivity index (χ1n) is 13.9. The quantitative estimate of drug-likeness (QED) is 0.0659. The maximum atomic E-state index is 13.6. The van der Waals surface area contributed by atoms with Gasteiger partial charge in [0.15, 0.2) is 0 Å². The van der Waals surface area contributed by atoms with Gasteiger partial charge in [-0.15, -0.1) is 11.8 Å². The minimum Gasteiger partial charge on any atom is -0.325 e. The molecule has 0 radical (unpaired) electrons. The molecule has 0 aliphatic rings. The number of nitrogens with one attached hydrogen (secondary N) is 3. The van der Waals surface area contributed by atoms with Crippen molar-refractivity contribution in [1.29, 1.82) is 0 Å². The number of anilines is 2. The van der Waals surface area contributed by atoms with Crippen LogP contribution in [0.3, 0.4) is 0 Å². The van der Waals surface area contributed by atoms with E-state index in [-0.39, 0.29) is 23.0 Å². The molecule has 0 aromatic heterocycles. The van der Waals surface area contributed by atoms with Gasteiger partial charge in [0.25, 0.3) is 17.5 Å². The van der Waals surface area contributed by atoms with Gasteiger partial charge in [0, 0.05) is 34.0 Å². The molecule has 0 aliphatic heterocycles. The maximum Gasteiger partial charge on any atom is 0.272 e. The first kappa shape index (κ1) is 30.7. The second-order valence-electron chi connectivity index (χ2n) is 10.0. The highest BCUT2D eigenvalue weighted by atomic mass is 32.2. The van der Waals surface area contributed by atoms with Crippen LogP contribution in [0.4, 0.5) is 17.1 Å². The lowest BCUT2D eigenvalue weighted by molar-refractivity contribution is -0.384. The Labute approximate surface area is 263 Å². The normalized spacial score (nSPS) is 11.1. The molecule has 0 bridgehead atoms. The fraction of sp³-hybridized carbons (Fsp3) is 0.0571. The van der Waals surface area contributed by atoms with Gasteiger partial charge in [-0.25, -0.2) is 0 Å². The Hall–Kier alpha value is -5.74. The van der Waals surface area contributed by atoms with Gasteiger partial charge in [0.2, 0.25) is 5.91 Å². The molecule has 0 fully saturated rings. The molecule has 9 nitrogen and oxygen atoms in total. The average Bonchev–Trinajstić information content (AvgIpc) is 3.05. The molecule has 0 heterocycles. The summed E-state index contributed by atoms with van der Waals surface area (Å²) in [5, 5.41) is 21.3. The van der Waals surface area contributed by atoms with Gasteiger partial charge < -0.3 is 16.0 Å². The van der Waals surface area contributed by atoms with Crippen molar-refractivity contribution < 1.29 is 19.3 Å². The molecule has 5 rings (SSSR count). The average molecular weight is 617 g/mol. The SMILES string of the molecule is Cc1cc([N+](=O)[O-])ccc1NC(=O)CSc1cccc(NC(=O)/C(=C\c2cccc3ccccc23)NC(=O)c2ccccc2)c1. The maximum absolute atomic E-state index is 13.6. The van der Waals surface area contributed by atoms with Gasteiger partial charge in [-0.2, -0.15) is 0 Å². The van der Waals surface area contributed by atoms with E-state index in [1.807, 2.05) is 54.6 Å². The zero-order chi connectivity index (χ0) is 31.8. The number of nitro groups is 1. The Kier molecular flexibility index (Phi) is 9.66. The second-order valence-corrected chi connectivity index (χ2v) is 11.1. The van der Waals surface area contributed by atoms with Crippen molar-refractivity contribution in [2.75, 3.05) is 16.4 Å². The number of thioether (sulfide) groups is 1. The molecule has 0 aliphatic carbocycles. The largest absolute Gasteiger partial charge is 0.325 e. The number of benzene rings is 5. The molecule has 0 atom stereocenters. The van der Waals surface area contributed by atoms with Crippen LogP contribution in [0.5, 0.6) is 0 Å². The molecule has 5 aromatic rings. The summed E-state index contributed by atoms with van der Waals surface area (Å²) in [6, 6.07) is 33.5. The van der Waals surface area contributed by atoms with Gasteiger partial charge in [0.05, 0.1) is 10.7 Å². The van der Waals surface area contributed by atoms with Gasteiger partial charge in [-0.05, 0) is 71.3 Å². The minimum atomic E-state index is -0.513. The number of non-ortho nitro benzene ring substituents is 1. The summed E-state index contributed by atoms with van der Waals surface area (Å²) < 4.78 is 0. The molecule has 0 unspecified atom stereocenters. The summed E-state index contributed by atoms with van der Waals surface area (Å²) in [7, 11) is 0. The monoisotopic (exact) mass is 616 g/mol. The zero-order valence-electron chi connectivity index (χ0n) is 24.2. The number of fused-ring (bicyclic) bond motifs is 1. The van der Waals surface area contributed by atoms with E-state index in [2.05, 4.69) is 16.0 Å². The van der Waals surface area contributed by atoms with E-state index in [9.17, 15) is 24.5 Å².